The van der Waals surface area contributed by atoms with Gasteiger partial charge in [0, 0.05) is 11.3 Å². The van der Waals surface area contributed by atoms with Crippen LogP contribution in [0.25, 0.3) is 0 Å². The summed E-state index contributed by atoms with van der Waals surface area (Å²) in [6.07, 6.45) is 7.89. The fraction of sp³-hybridized carbons (Fsp3) is 0.867. The Labute approximate surface area is 103 Å². The maximum absolute atomic E-state index is 5.98. The van der Waals surface area contributed by atoms with Gasteiger partial charge < -0.3 is 9.47 Å². The van der Waals surface area contributed by atoms with Gasteiger partial charge in [-0.2, -0.15) is 0 Å². The molecule has 0 aromatic rings. The molecule has 2 saturated heterocycles. The monoisotopic (exact) mass is 234 g/mol. The molecule has 4 atom stereocenters. The Morgan fingerprint density at radius 2 is 2.12 bits per heavy atom. The summed E-state index contributed by atoms with van der Waals surface area (Å²) in [7, 11) is 0. The molecule has 4 unspecified atom stereocenters. The van der Waals surface area contributed by atoms with Crippen LogP contribution in [0.2, 0.25) is 0 Å². The first-order valence-corrected chi connectivity index (χ1v) is 7.06. The van der Waals surface area contributed by atoms with E-state index in [9.17, 15) is 0 Å². The molecule has 4 aliphatic rings. The predicted octanol–water partition coefficient (Wildman–Crippen LogP) is 3.13. The van der Waals surface area contributed by atoms with Crippen molar-refractivity contribution < 1.29 is 9.47 Å². The number of allylic oxidation sites excluding steroid dienone is 1. The summed E-state index contributed by atoms with van der Waals surface area (Å²) in [6, 6.07) is 0. The molecule has 1 spiro atoms. The second kappa shape index (κ2) is 3.16. The Morgan fingerprint density at radius 1 is 1.24 bits per heavy atom. The Morgan fingerprint density at radius 3 is 3.00 bits per heavy atom. The molecule has 94 valence electrons. The highest BCUT2D eigenvalue weighted by molar-refractivity contribution is 5.26. The number of ether oxygens (including phenoxy) is 2. The van der Waals surface area contributed by atoms with E-state index in [4.69, 9.17) is 9.47 Å². The standard InChI is InChI=1S/C15H22O2/c1-14(2)6-3-7-15-9-17-13-12(15)10(8-16-13)4-5-11(14)15/h4,11-13H,3,5-9H2,1-2H3. The van der Waals surface area contributed by atoms with E-state index in [1.807, 2.05) is 0 Å². The minimum Gasteiger partial charge on any atom is -0.351 e. The summed E-state index contributed by atoms with van der Waals surface area (Å²) in [6.45, 7) is 6.68. The van der Waals surface area contributed by atoms with Gasteiger partial charge in [0.1, 0.15) is 0 Å². The van der Waals surface area contributed by atoms with E-state index >= 15 is 0 Å². The van der Waals surface area contributed by atoms with Crippen LogP contribution in [0, 0.1) is 22.7 Å². The average Bonchev–Trinajstić information content (AvgIpc) is 2.85. The maximum Gasteiger partial charge on any atom is 0.165 e. The molecule has 3 fully saturated rings. The Bertz CT molecular complexity index is 380. The van der Waals surface area contributed by atoms with E-state index in [1.54, 1.807) is 5.57 Å². The minimum atomic E-state index is 0.0814. The normalized spacial score (nSPS) is 50.7. The summed E-state index contributed by atoms with van der Waals surface area (Å²) < 4.78 is 11.8. The highest BCUT2D eigenvalue weighted by Gasteiger charge is 2.63. The van der Waals surface area contributed by atoms with Crippen molar-refractivity contribution in [2.45, 2.75) is 45.8 Å². The molecule has 0 N–H and O–H groups in total. The minimum absolute atomic E-state index is 0.0814. The lowest BCUT2D eigenvalue weighted by atomic mass is 9.49. The highest BCUT2D eigenvalue weighted by atomic mass is 16.7. The largest absolute Gasteiger partial charge is 0.351 e. The van der Waals surface area contributed by atoms with Crippen LogP contribution in [0.4, 0.5) is 0 Å². The lowest BCUT2D eigenvalue weighted by Gasteiger charge is -2.54. The van der Waals surface area contributed by atoms with Crippen LogP contribution in [0.15, 0.2) is 11.6 Å². The molecular weight excluding hydrogens is 212 g/mol. The van der Waals surface area contributed by atoms with Gasteiger partial charge >= 0.3 is 0 Å². The van der Waals surface area contributed by atoms with Crippen LogP contribution < -0.4 is 0 Å². The lowest BCUT2D eigenvalue weighted by molar-refractivity contribution is -0.0915. The van der Waals surface area contributed by atoms with Crippen LogP contribution in [0.5, 0.6) is 0 Å². The van der Waals surface area contributed by atoms with E-state index in [0.717, 1.165) is 19.1 Å². The van der Waals surface area contributed by atoms with Crippen molar-refractivity contribution in [1.82, 2.24) is 0 Å². The summed E-state index contributed by atoms with van der Waals surface area (Å²) in [5.41, 5.74) is 2.43. The van der Waals surface area contributed by atoms with Crippen LogP contribution >= 0.6 is 0 Å². The first kappa shape index (κ1) is 10.6. The molecule has 2 heteroatoms. The molecule has 2 nitrogen and oxygen atoms in total. The van der Waals surface area contributed by atoms with Gasteiger partial charge in [-0.3, -0.25) is 0 Å². The molecule has 2 aliphatic carbocycles. The molecule has 0 aromatic carbocycles. The summed E-state index contributed by atoms with van der Waals surface area (Å²) in [5.74, 6) is 1.38. The quantitative estimate of drug-likeness (QED) is 0.599. The fourth-order valence-corrected chi connectivity index (χ4v) is 5.20. The second-order valence-electron chi connectivity index (χ2n) is 7.11. The lowest BCUT2D eigenvalue weighted by Crippen LogP contribution is -2.50. The average molecular weight is 234 g/mol. The Balaban J connectivity index is 1.83. The molecule has 0 amide bonds. The summed E-state index contributed by atoms with van der Waals surface area (Å²) in [4.78, 5) is 0. The molecule has 17 heavy (non-hydrogen) atoms. The van der Waals surface area contributed by atoms with E-state index in [0.29, 0.717) is 16.7 Å². The van der Waals surface area contributed by atoms with Gasteiger partial charge in [0.2, 0.25) is 0 Å². The molecule has 4 rings (SSSR count). The number of rotatable bonds is 0. The van der Waals surface area contributed by atoms with E-state index in [-0.39, 0.29) is 6.29 Å². The Hall–Kier alpha value is -0.340. The van der Waals surface area contributed by atoms with Gasteiger partial charge in [-0.25, -0.2) is 0 Å². The zero-order chi connectivity index (χ0) is 11.7. The van der Waals surface area contributed by atoms with Crippen LogP contribution in [0.3, 0.4) is 0 Å². The molecule has 0 bridgehead atoms. The molecule has 0 radical (unpaired) electrons. The summed E-state index contributed by atoms with van der Waals surface area (Å²) in [5, 5.41) is 0. The van der Waals surface area contributed by atoms with Gasteiger partial charge in [-0.1, -0.05) is 26.3 Å². The van der Waals surface area contributed by atoms with Crippen LogP contribution in [0.1, 0.15) is 39.5 Å². The third-order valence-corrected chi connectivity index (χ3v) is 5.94. The van der Waals surface area contributed by atoms with Crippen LogP contribution in [-0.2, 0) is 9.47 Å². The molecule has 2 aliphatic heterocycles. The van der Waals surface area contributed by atoms with Gasteiger partial charge in [0.15, 0.2) is 6.29 Å². The zero-order valence-corrected chi connectivity index (χ0v) is 10.9. The third kappa shape index (κ3) is 1.18. The highest BCUT2D eigenvalue weighted by Crippen LogP contribution is 2.64. The van der Waals surface area contributed by atoms with Crippen molar-refractivity contribution in [3.05, 3.63) is 11.6 Å². The summed E-state index contributed by atoms with van der Waals surface area (Å²) >= 11 is 0. The van der Waals surface area contributed by atoms with Crippen molar-refractivity contribution >= 4 is 0 Å². The second-order valence-corrected chi connectivity index (χ2v) is 7.11. The van der Waals surface area contributed by atoms with E-state index in [1.165, 1.54) is 25.7 Å². The van der Waals surface area contributed by atoms with Gasteiger partial charge in [-0.15, -0.1) is 0 Å². The number of hydrogen-bond donors (Lipinski definition) is 0. The van der Waals surface area contributed by atoms with Gasteiger partial charge in [-0.05, 0) is 36.2 Å². The smallest absolute Gasteiger partial charge is 0.165 e. The maximum atomic E-state index is 5.98. The molecular formula is C15H22O2. The Kier molecular flexibility index (Phi) is 1.96. The SMILES string of the molecule is CC1(C)CCCC23COC4OCC(=CCC12)C43. The first-order valence-electron chi connectivity index (χ1n) is 7.06. The van der Waals surface area contributed by atoms with Gasteiger partial charge in [0.05, 0.1) is 13.2 Å². The van der Waals surface area contributed by atoms with Gasteiger partial charge in [0.25, 0.3) is 0 Å². The van der Waals surface area contributed by atoms with Crippen molar-refractivity contribution in [3.63, 3.8) is 0 Å². The van der Waals surface area contributed by atoms with Crippen LogP contribution in [-0.4, -0.2) is 19.5 Å². The molecule has 1 saturated carbocycles. The van der Waals surface area contributed by atoms with Crippen molar-refractivity contribution in [3.8, 4) is 0 Å². The topological polar surface area (TPSA) is 18.5 Å². The predicted molar refractivity (Wildman–Crippen MR) is 65.4 cm³/mol. The third-order valence-electron chi connectivity index (χ3n) is 5.94. The molecule has 2 heterocycles. The van der Waals surface area contributed by atoms with Crippen molar-refractivity contribution in [2.75, 3.05) is 13.2 Å². The zero-order valence-electron chi connectivity index (χ0n) is 10.9. The van der Waals surface area contributed by atoms with Crippen molar-refractivity contribution in [2.24, 2.45) is 22.7 Å². The van der Waals surface area contributed by atoms with Crippen molar-refractivity contribution in [1.29, 1.82) is 0 Å². The van der Waals surface area contributed by atoms with E-state index < -0.39 is 0 Å². The molecule has 0 aromatic heterocycles. The van der Waals surface area contributed by atoms with E-state index in [2.05, 4.69) is 19.9 Å². The fourth-order valence-electron chi connectivity index (χ4n) is 5.20. The number of hydrogen-bond acceptors (Lipinski definition) is 2. The first-order chi connectivity index (χ1) is 8.13.